The summed E-state index contributed by atoms with van der Waals surface area (Å²) in [7, 11) is 3.20. The highest BCUT2D eigenvalue weighted by atomic mass is 16.4. The number of likely N-dealkylation sites (N-methyl/N-ethyl adjacent to an activating group) is 1. The van der Waals surface area contributed by atoms with Gasteiger partial charge in [-0.05, 0) is 6.42 Å². The summed E-state index contributed by atoms with van der Waals surface area (Å²) in [5.41, 5.74) is 0. The molecule has 1 saturated heterocycles. The van der Waals surface area contributed by atoms with Gasteiger partial charge in [0.15, 0.2) is 0 Å². The molecular formula is C10H17N3O4. The molecule has 3 amide bonds. The van der Waals surface area contributed by atoms with Crippen molar-refractivity contribution in [3.8, 4) is 0 Å². The maximum Gasteiger partial charge on any atom is 0.317 e. The van der Waals surface area contributed by atoms with Crippen molar-refractivity contribution in [2.45, 2.75) is 6.42 Å². The van der Waals surface area contributed by atoms with Gasteiger partial charge in [0.25, 0.3) is 0 Å². The first kappa shape index (κ1) is 13.3. The lowest BCUT2D eigenvalue weighted by Gasteiger charge is -2.17. The molecule has 96 valence electrons. The molecule has 1 aliphatic heterocycles. The quantitative estimate of drug-likeness (QED) is 0.678. The van der Waals surface area contributed by atoms with Crippen LogP contribution in [0.3, 0.4) is 0 Å². The van der Waals surface area contributed by atoms with E-state index in [1.54, 1.807) is 14.1 Å². The number of amides is 3. The van der Waals surface area contributed by atoms with Gasteiger partial charge in [0, 0.05) is 27.2 Å². The molecule has 1 fully saturated rings. The molecule has 1 atom stereocenters. The Kier molecular flexibility index (Phi) is 4.30. The first-order chi connectivity index (χ1) is 7.91. The van der Waals surface area contributed by atoms with Gasteiger partial charge in [-0.2, -0.15) is 0 Å². The normalized spacial score (nSPS) is 18.9. The minimum atomic E-state index is -0.885. The van der Waals surface area contributed by atoms with Gasteiger partial charge in [0.05, 0.1) is 12.5 Å². The van der Waals surface area contributed by atoms with E-state index in [2.05, 4.69) is 5.32 Å². The van der Waals surface area contributed by atoms with Crippen molar-refractivity contribution in [3.05, 3.63) is 0 Å². The molecule has 0 bridgehead atoms. The fourth-order valence-corrected chi connectivity index (χ4v) is 1.57. The number of nitrogens with one attached hydrogen (secondary N) is 1. The summed E-state index contributed by atoms with van der Waals surface area (Å²) in [5.74, 6) is -1.58. The van der Waals surface area contributed by atoms with Crippen LogP contribution in [0.25, 0.3) is 0 Å². The van der Waals surface area contributed by atoms with Crippen molar-refractivity contribution in [2.75, 3.05) is 33.7 Å². The predicted molar refractivity (Wildman–Crippen MR) is 59.4 cm³/mol. The summed E-state index contributed by atoms with van der Waals surface area (Å²) in [5, 5.41) is 11.3. The molecule has 2 N–H and O–H groups in total. The second-order valence-corrected chi connectivity index (χ2v) is 4.22. The minimum Gasteiger partial charge on any atom is -0.481 e. The summed E-state index contributed by atoms with van der Waals surface area (Å²) in [6.07, 6.45) is 0.463. The van der Waals surface area contributed by atoms with Crippen LogP contribution in [-0.2, 0) is 9.59 Å². The van der Waals surface area contributed by atoms with E-state index >= 15 is 0 Å². The third-order valence-corrected chi connectivity index (χ3v) is 2.71. The maximum absolute atomic E-state index is 11.6. The monoisotopic (exact) mass is 243 g/mol. The maximum atomic E-state index is 11.6. The highest BCUT2D eigenvalue weighted by Gasteiger charge is 2.30. The van der Waals surface area contributed by atoms with E-state index in [-0.39, 0.29) is 25.0 Å². The molecule has 1 rings (SSSR count). The molecular weight excluding hydrogens is 226 g/mol. The van der Waals surface area contributed by atoms with Crippen LogP contribution in [0.2, 0.25) is 0 Å². The topological polar surface area (TPSA) is 90.0 Å². The number of rotatable bonds is 3. The molecule has 0 spiro atoms. The number of hydrogen-bond donors (Lipinski definition) is 2. The van der Waals surface area contributed by atoms with E-state index in [1.807, 2.05) is 0 Å². The van der Waals surface area contributed by atoms with Crippen molar-refractivity contribution in [2.24, 2.45) is 5.92 Å². The van der Waals surface area contributed by atoms with Gasteiger partial charge in [-0.25, -0.2) is 4.79 Å². The van der Waals surface area contributed by atoms with Crippen LogP contribution in [0, 0.1) is 5.92 Å². The highest BCUT2D eigenvalue weighted by Crippen LogP contribution is 2.15. The number of likely N-dealkylation sites (tertiary alicyclic amines) is 1. The summed E-state index contributed by atoms with van der Waals surface area (Å²) in [6.45, 7) is 0.552. The van der Waals surface area contributed by atoms with Crippen LogP contribution in [0.15, 0.2) is 0 Å². The van der Waals surface area contributed by atoms with Gasteiger partial charge in [-0.1, -0.05) is 0 Å². The Morgan fingerprint density at radius 3 is 2.53 bits per heavy atom. The summed E-state index contributed by atoms with van der Waals surface area (Å²) >= 11 is 0. The lowest BCUT2D eigenvalue weighted by Crippen LogP contribution is -2.43. The van der Waals surface area contributed by atoms with Crippen LogP contribution < -0.4 is 5.32 Å². The predicted octanol–water partition coefficient (Wildman–Crippen LogP) is -0.809. The lowest BCUT2D eigenvalue weighted by molar-refractivity contribution is -0.141. The van der Waals surface area contributed by atoms with Gasteiger partial charge in [0.2, 0.25) is 5.91 Å². The summed E-state index contributed by atoms with van der Waals surface area (Å²) < 4.78 is 0. The van der Waals surface area contributed by atoms with Crippen molar-refractivity contribution in [1.82, 2.24) is 15.1 Å². The van der Waals surface area contributed by atoms with Gasteiger partial charge in [-0.3, -0.25) is 9.59 Å². The molecule has 1 unspecified atom stereocenters. The number of carbonyl (C=O) groups is 3. The van der Waals surface area contributed by atoms with Gasteiger partial charge < -0.3 is 20.2 Å². The Bertz CT molecular complexity index is 330. The average molecular weight is 243 g/mol. The van der Waals surface area contributed by atoms with Crippen molar-refractivity contribution in [3.63, 3.8) is 0 Å². The molecule has 1 aliphatic rings. The average Bonchev–Trinajstić information content (AvgIpc) is 2.74. The Labute approximate surface area is 99.4 Å². The van der Waals surface area contributed by atoms with Crippen LogP contribution in [-0.4, -0.2) is 66.5 Å². The first-order valence-corrected chi connectivity index (χ1v) is 5.37. The third kappa shape index (κ3) is 3.61. The zero-order chi connectivity index (χ0) is 13.0. The molecule has 1 heterocycles. The van der Waals surface area contributed by atoms with Crippen molar-refractivity contribution < 1.29 is 19.5 Å². The Morgan fingerprint density at radius 1 is 1.41 bits per heavy atom. The second-order valence-electron chi connectivity index (χ2n) is 4.22. The molecule has 0 aromatic heterocycles. The SMILES string of the molecule is CN(C)C(=O)CNC(=O)N1CCC(C(=O)O)C1. The Balaban J connectivity index is 2.35. The zero-order valence-electron chi connectivity index (χ0n) is 9.97. The fraction of sp³-hybridized carbons (Fsp3) is 0.700. The first-order valence-electron chi connectivity index (χ1n) is 5.37. The van der Waals surface area contributed by atoms with Crippen LogP contribution in [0.5, 0.6) is 0 Å². The van der Waals surface area contributed by atoms with E-state index in [0.717, 1.165) is 0 Å². The summed E-state index contributed by atoms with van der Waals surface area (Å²) in [4.78, 5) is 36.3. The number of carboxylic acids is 1. The number of carbonyl (C=O) groups excluding carboxylic acids is 2. The zero-order valence-corrected chi connectivity index (χ0v) is 9.97. The number of nitrogens with zero attached hydrogens (tertiary/aromatic N) is 2. The molecule has 0 aliphatic carbocycles. The van der Waals surface area contributed by atoms with E-state index in [9.17, 15) is 14.4 Å². The third-order valence-electron chi connectivity index (χ3n) is 2.71. The Hall–Kier alpha value is -1.79. The largest absolute Gasteiger partial charge is 0.481 e. The molecule has 0 aromatic rings. The molecule has 7 nitrogen and oxygen atoms in total. The van der Waals surface area contributed by atoms with Crippen LogP contribution in [0.4, 0.5) is 4.79 Å². The van der Waals surface area contributed by atoms with E-state index in [1.165, 1.54) is 9.80 Å². The van der Waals surface area contributed by atoms with Crippen molar-refractivity contribution in [1.29, 1.82) is 0 Å². The van der Waals surface area contributed by atoms with Crippen LogP contribution >= 0.6 is 0 Å². The molecule has 17 heavy (non-hydrogen) atoms. The van der Waals surface area contributed by atoms with E-state index < -0.39 is 11.9 Å². The number of aliphatic carboxylic acids is 1. The van der Waals surface area contributed by atoms with Gasteiger partial charge >= 0.3 is 12.0 Å². The molecule has 7 heteroatoms. The number of carboxylic acid groups (broad SMARTS) is 1. The number of urea groups is 1. The fourth-order valence-electron chi connectivity index (χ4n) is 1.57. The summed E-state index contributed by atoms with van der Waals surface area (Å²) in [6, 6.07) is -0.385. The molecule has 0 radical (unpaired) electrons. The van der Waals surface area contributed by atoms with E-state index in [0.29, 0.717) is 13.0 Å². The number of hydrogen-bond acceptors (Lipinski definition) is 3. The second kappa shape index (κ2) is 5.51. The molecule has 0 saturated carbocycles. The minimum absolute atomic E-state index is 0.0694. The standard InChI is InChI=1S/C10H17N3O4/c1-12(2)8(14)5-11-10(17)13-4-3-7(6-13)9(15)16/h7H,3-6H2,1-2H3,(H,11,17)(H,15,16). The van der Waals surface area contributed by atoms with Crippen molar-refractivity contribution >= 4 is 17.9 Å². The Morgan fingerprint density at radius 2 is 2.06 bits per heavy atom. The van der Waals surface area contributed by atoms with Gasteiger partial charge in [0.1, 0.15) is 0 Å². The van der Waals surface area contributed by atoms with E-state index in [4.69, 9.17) is 5.11 Å². The van der Waals surface area contributed by atoms with Gasteiger partial charge in [-0.15, -0.1) is 0 Å². The smallest absolute Gasteiger partial charge is 0.317 e. The lowest BCUT2D eigenvalue weighted by atomic mass is 10.1. The highest BCUT2D eigenvalue weighted by molar-refractivity contribution is 5.84. The van der Waals surface area contributed by atoms with Crippen LogP contribution in [0.1, 0.15) is 6.42 Å². The molecule has 0 aromatic carbocycles.